The highest BCUT2D eigenvalue weighted by atomic mass is 32.2. The van der Waals surface area contributed by atoms with Crippen molar-refractivity contribution in [3.8, 4) is 0 Å². The molecule has 0 radical (unpaired) electrons. The molecule has 1 aromatic carbocycles. The molecular weight excluding hydrogens is 220 g/mol. The predicted octanol–water partition coefficient (Wildman–Crippen LogP) is 2.86. The highest BCUT2D eigenvalue weighted by Crippen LogP contribution is 2.30. The van der Waals surface area contributed by atoms with Crippen LogP contribution in [0.1, 0.15) is 36.0 Å². The summed E-state index contributed by atoms with van der Waals surface area (Å²) in [5.74, 6) is 0. The van der Waals surface area contributed by atoms with E-state index in [9.17, 15) is 9.90 Å². The highest BCUT2D eigenvalue weighted by molar-refractivity contribution is 8.14. The lowest BCUT2D eigenvalue weighted by Crippen LogP contribution is -2.28. The Balaban J connectivity index is 1.96. The number of hydrogen-bond donors (Lipinski definition) is 1. The molecule has 1 saturated carbocycles. The third-order valence-electron chi connectivity index (χ3n) is 2.94. The Bertz CT molecular complexity index is 350. The van der Waals surface area contributed by atoms with Crippen LogP contribution in [0.4, 0.5) is 0 Å². The average molecular weight is 236 g/mol. The molecule has 1 fully saturated rings. The molecular formula is C13H16O2S. The molecule has 2 nitrogen and oxygen atoms in total. The second kappa shape index (κ2) is 5.51. The van der Waals surface area contributed by atoms with Gasteiger partial charge in [0.25, 0.3) is 0 Å². The van der Waals surface area contributed by atoms with Crippen LogP contribution in [0.25, 0.3) is 0 Å². The monoisotopic (exact) mass is 236 g/mol. The maximum Gasteiger partial charge on any atom is 0.219 e. The standard InChI is InChI=1S/C13H16O2S/c14-11-8-4-5-9-12(11)16-13(15)10-6-2-1-3-7-10/h1-3,6-7,11-12,14H,4-5,8-9H2/t11-,12-/m1/s1. The minimum absolute atomic E-state index is 0.0755. The fourth-order valence-corrected chi connectivity index (χ4v) is 3.12. The van der Waals surface area contributed by atoms with Crippen molar-refractivity contribution in [2.75, 3.05) is 0 Å². The average Bonchev–Trinajstić information content (AvgIpc) is 2.33. The fourth-order valence-electron chi connectivity index (χ4n) is 1.99. The maximum absolute atomic E-state index is 11.9. The van der Waals surface area contributed by atoms with Gasteiger partial charge in [0.1, 0.15) is 0 Å². The van der Waals surface area contributed by atoms with Crippen LogP contribution in [0.5, 0.6) is 0 Å². The van der Waals surface area contributed by atoms with Gasteiger partial charge in [0.05, 0.1) is 6.10 Å². The van der Waals surface area contributed by atoms with Crippen molar-refractivity contribution in [1.82, 2.24) is 0 Å². The summed E-state index contributed by atoms with van der Waals surface area (Å²) < 4.78 is 0. The molecule has 0 amide bonds. The zero-order valence-electron chi connectivity index (χ0n) is 9.13. The fraction of sp³-hybridized carbons (Fsp3) is 0.462. The van der Waals surface area contributed by atoms with Crippen molar-refractivity contribution in [3.05, 3.63) is 35.9 Å². The van der Waals surface area contributed by atoms with E-state index in [1.54, 1.807) is 0 Å². The number of aliphatic hydroxyl groups is 1. The van der Waals surface area contributed by atoms with Crippen LogP contribution in [-0.2, 0) is 0 Å². The molecule has 1 N–H and O–H groups in total. The molecule has 1 aliphatic rings. The lowest BCUT2D eigenvalue weighted by Gasteiger charge is -2.26. The topological polar surface area (TPSA) is 37.3 Å². The van der Waals surface area contributed by atoms with Gasteiger partial charge in [-0.05, 0) is 12.8 Å². The van der Waals surface area contributed by atoms with Gasteiger partial charge < -0.3 is 5.11 Å². The lowest BCUT2D eigenvalue weighted by molar-refractivity contribution is 0.107. The molecule has 0 spiro atoms. The predicted molar refractivity (Wildman–Crippen MR) is 66.6 cm³/mol. The third kappa shape index (κ3) is 2.86. The van der Waals surface area contributed by atoms with Crippen molar-refractivity contribution in [3.63, 3.8) is 0 Å². The van der Waals surface area contributed by atoms with Crippen LogP contribution in [0.15, 0.2) is 30.3 Å². The van der Waals surface area contributed by atoms with Crippen molar-refractivity contribution in [2.45, 2.75) is 37.0 Å². The second-order valence-electron chi connectivity index (χ2n) is 4.16. The molecule has 1 aliphatic carbocycles. The van der Waals surface area contributed by atoms with E-state index in [0.29, 0.717) is 0 Å². The van der Waals surface area contributed by atoms with Crippen LogP contribution < -0.4 is 0 Å². The molecule has 0 bridgehead atoms. The molecule has 3 heteroatoms. The van der Waals surface area contributed by atoms with E-state index in [1.807, 2.05) is 30.3 Å². The molecule has 2 rings (SSSR count). The summed E-state index contributed by atoms with van der Waals surface area (Å²) in [5, 5.41) is 9.95. The first-order valence-electron chi connectivity index (χ1n) is 5.71. The maximum atomic E-state index is 11.9. The summed E-state index contributed by atoms with van der Waals surface area (Å²) in [6, 6.07) is 9.28. The zero-order chi connectivity index (χ0) is 11.4. The minimum atomic E-state index is -0.314. The Morgan fingerprint density at radius 1 is 1.19 bits per heavy atom. The van der Waals surface area contributed by atoms with E-state index < -0.39 is 0 Å². The van der Waals surface area contributed by atoms with Gasteiger partial charge in [-0.2, -0.15) is 0 Å². The van der Waals surface area contributed by atoms with E-state index in [2.05, 4.69) is 0 Å². The summed E-state index contributed by atoms with van der Waals surface area (Å²) in [7, 11) is 0. The zero-order valence-corrected chi connectivity index (χ0v) is 9.95. The van der Waals surface area contributed by atoms with Crippen molar-refractivity contribution >= 4 is 16.9 Å². The van der Waals surface area contributed by atoms with E-state index in [-0.39, 0.29) is 16.5 Å². The largest absolute Gasteiger partial charge is 0.392 e. The summed E-state index contributed by atoms with van der Waals surface area (Å²) in [6.07, 6.45) is 3.67. The van der Waals surface area contributed by atoms with Gasteiger partial charge in [0.2, 0.25) is 5.12 Å². The number of hydrogen-bond acceptors (Lipinski definition) is 3. The molecule has 0 aliphatic heterocycles. The van der Waals surface area contributed by atoms with Crippen molar-refractivity contribution in [2.24, 2.45) is 0 Å². The highest BCUT2D eigenvalue weighted by Gasteiger charge is 2.26. The lowest BCUT2D eigenvalue weighted by atomic mass is 9.97. The molecule has 86 valence electrons. The summed E-state index contributed by atoms with van der Waals surface area (Å²) in [4.78, 5) is 11.9. The smallest absolute Gasteiger partial charge is 0.219 e. The third-order valence-corrected chi connectivity index (χ3v) is 4.24. The molecule has 0 aromatic heterocycles. The number of thioether (sulfide) groups is 1. The molecule has 0 saturated heterocycles. The molecule has 2 atom stereocenters. The quantitative estimate of drug-likeness (QED) is 0.858. The van der Waals surface area contributed by atoms with E-state index >= 15 is 0 Å². The van der Waals surface area contributed by atoms with Gasteiger partial charge in [-0.1, -0.05) is 54.9 Å². The Labute approximate surface area is 100 Å². The number of carbonyl (C=O) groups is 1. The molecule has 16 heavy (non-hydrogen) atoms. The minimum Gasteiger partial charge on any atom is -0.392 e. The summed E-state index contributed by atoms with van der Waals surface area (Å²) in [5.41, 5.74) is 0.727. The summed E-state index contributed by atoms with van der Waals surface area (Å²) in [6.45, 7) is 0. The Morgan fingerprint density at radius 2 is 1.88 bits per heavy atom. The number of carbonyl (C=O) groups excluding carboxylic acids is 1. The Morgan fingerprint density at radius 3 is 2.56 bits per heavy atom. The SMILES string of the molecule is O=C(S[C@@H]1CCCC[C@H]1O)c1ccccc1. The first-order chi connectivity index (χ1) is 7.77. The van der Waals surface area contributed by atoms with Gasteiger partial charge in [-0.25, -0.2) is 0 Å². The van der Waals surface area contributed by atoms with Gasteiger partial charge >= 0.3 is 0 Å². The van der Waals surface area contributed by atoms with Crippen molar-refractivity contribution < 1.29 is 9.90 Å². The first kappa shape index (κ1) is 11.7. The number of benzene rings is 1. The van der Waals surface area contributed by atoms with E-state index in [0.717, 1.165) is 31.2 Å². The molecule has 0 heterocycles. The van der Waals surface area contributed by atoms with Crippen LogP contribution >= 0.6 is 11.8 Å². The molecule has 1 aromatic rings. The van der Waals surface area contributed by atoms with E-state index in [4.69, 9.17) is 0 Å². The Hall–Kier alpha value is -0.800. The van der Waals surface area contributed by atoms with Crippen LogP contribution in [0, 0.1) is 0 Å². The normalized spacial score (nSPS) is 25.3. The summed E-state index contributed by atoms with van der Waals surface area (Å²) >= 11 is 1.29. The molecule has 0 unspecified atom stereocenters. The van der Waals surface area contributed by atoms with Gasteiger partial charge in [0.15, 0.2) is 0 Å². The Kier molecular flexibility index (Phi) is 4.02. The van der Waals surface area contributed by atoms with Crippen LogP contribution in [-0.4, -0.2) is 21.6 Å². The van der Waals surface area contributed by atoms with Gasteiger partial charge in [0, 0.05) is 10.8 Å². The van der Waals surface area contributed by atoms with Gasteiger partial charge in [-0.15, -0.1) is 0 Å². The van der Waals surface area contributed by atoms with Crippen LogP contribution in [0.3, 0.4) is 0 Å². The number of aliphatic hydroxyl groups excluding tert-OH is 1. The van der Waals surface area contributed by atoms with E-state index in [1.165, 1.54) is 11.8 Å². The van der Waals surface area contributed by atoms with Gasteiger partial charge in [-0.3, -0.25) is 4.79 Å². The first-order valence-corrected chi connectivity index (χ1v) is 6.59. The number of rotatable bonds is 2. The second-order valence-corrected chi connectivity index (χ2v) is 5.37. The van der Waals surface area contributed by atoms with Crippen molar-refractivity contribution in [1.29, 1.82) is 0 Å². The van der Waals surface area contributed by atoms with Crippen LogP contribution in [0.2, 0.25) is 0 Å².